The lowest BCUT2D eigenvalue weighted by Gasteiger charge is -2.36. The number of amides is 1. The maximum Gasteiger partial charge on any atom is 0.234 e. The van der Waals surface area contributed by atoms with Crippen LogP contribution in [-0.4, -0.2) is 49.0 Å². The van der Waals surface area contributed by atoms with Crippen LogP contribution in [0, 0.1) is 0 Å². The molecule has 0 saturated carbocycles. The number of hydrogen-bond donors (Lipinski definition) is 1. The Morgan fingerprint density at radius 1 is 0.480 bits per heavy atom. The summed E-state index contributed by atoms with van der Waals surface area (Å²) >= 11 is 3.79. The summed E-state index contributed by atoms with van der Waals surface area (Å²) in [5.41, 5.74) is 7.42. The zero-order chi connectivity index (χ0) is 34.5. The van der Waals surface area contributed by atoms with Gasteiger partial charge in [-0.2, -0.15) is 0 Å². The van der Waals surface area contributed by atoms with Crippen molar-refractivity contribution in [1.29, 1.82) is 0 Å². The zero-order valence-electron chi connectivity index (χ0n) is 28.5. The zero-order valence-corrected chi connectivity index (χ0v) is 30.2. The van der Waals surface area contributed by atoms with E-state index in [1.807, 2.05) is 30.6 Å². The van der Waals surface area contributed by atoms with Crippen molar-refractivity contribution in [3.8, 4) is 0 Å². The van der Waals surface area contributed by atoms with E-state index < -0.39 is 4.75 Å². The molecule has 5 heteroatoms. The predicted molar refractivity (Wildman–Crippen MR) is 214 cm³/mol. The Labute approximate surface area is 306 Å². The van der Waals surface area contributed by atoms with Gasteiger partial charge in [0.25, 0.3) is 0 Å². The quantitative estimate of drug-likeness (QED) is 0.0809. The number of nitrogens with one attached hydrogen (secondary N) is 1. The summed E-state index contributed by atoms with van der Waals surface area (Å²) in [6.07, 6.45) is 0. The van der Waals surface area contributed by atoms with E-state index in [0.717, 1.165) is 18.1 Å². The van der Waals surface area contributed by atoms with Gasteiger partial charge in [0, 0.05) is 24.6 Å². The van der Waals surface area contributed by atoms with Gasteiger partial charge < -0.3 is 5.32 Å². The fourth-order valence-electron chi connectivity index (χ4n) is 6.67. The van der Waals surface area contributed by atoms with Crippen LogP contribution in [0.1, 0.15) is 33.4 Å². The Bertz CT molecular complexity index is 1680. The monoisotopic (exact) mass is 692 g/mol. The molecule has 0 atom stereocenters. The lowest BCUT2D eigenvalue weighted by molar-refractivity contribution is -0.121. The van der Waals surface area contributed by atoms with E-state index in [0.29, 0.717) is 13.1 Å². The fraction of sp³-hybridized carbons (Fsp3) is 0.178. The van der Waals surface area contributed by atoms with Crippen molar-refractivity contribution in [2.24, 2.45) is 0 Å². The van der Waals surface area contributed by atoms with Gasteiger partial charge in [-0.1, -0.05) is 182 Å². The molecule has 6 aromatic carbocycles. The van der Waals surface area contributed by atoms with Crippen molar-refractivity contribution in [2.75, 3.05) is 38.2 Å². The van der Waals surface area contributed by atoms with Crippen LogP contribution in [0.2, 0.25) is 0 Å². The number of nitrogens with zero attached hydrogens (tertiary/aromatic N) is 1. The Morgan fingerprint density at radius 2 is 0.760 bits per heavy atom. The minimum atomic E-state index is -0.398. The van der Waals surface area contributed by atoms with Crippen LogP contribution in [0.4, 0.5) is 0 Å². The summed E-state index contributed by atoms with van der Waals surface area (Å²) in [7, 11) is 2.04. The van der Waals surface area contributed by atoms with Gasteiger partial charge >= 0.3 is 0 Å². The summed E-state index contributed by atoms with van der Waals surface area (Å²) in [5.74, 6) is 1.66. The first-order valence-corrected chi connectivity index (χ1v) is 19.2. The molecule has 0 aromatic heterocycles. The molecule has 0 radical (unpaired) electrons. The SMILES string of the molecule is CN(CCSC(c1ccccc1)(c1ccccc1)c1ccccc1)CC(=O)NCCSC(c1ccccc1)(c1ccccc1)c1ccccc1. The first-order valence-electron chi connectivity index (χ1n) is 17.2. The third-order valence-corrected chi connectivity index (χ3v) is 12.1. The van der Waals surface area contributed by atoms with E-state index in [1.165, 1.54) is 33.4 Å². The van der Waals surface area contributed by atoms with Gasteiger partial charge in [0.15, 0.2) is 0 Å². The molecule has 0 spiro atoms. The summed E-state index contributed by atoms with van der Waals surface area (Å²) in [5, 5.41) is 3.22. The van der Waals surface area contributed by atoms with E-state index in [-0.39, 0.29) is 10.7 Å². The number of carbonyl (C=O) groups excluding carboxylic acids is 1. The van der Waals surface area contributed by atoms with Crippen molar-refractivity contribution in [3.63, 3.8) is 0 Å². The molecule has 6 rings (SSSR count). The van der Waals surface area contributed by atoms with Crippen LogP contribution in [0.25, 0.3) is 0 Å². The molecule has 1 N–H and O–H groups in total. The minimum absolute atomic E-state index is 0.0447. The smallest absolute Gasteiger partial charge is 0.234 e. The van der Waals surface area contributed by atoms with Crippen molar-refractivity contribution in [1.82, 2.24) is 10.2 Å². The summed E-state index contributed by atoms with van der Waals surface area (Å²) in [6, 6.07) is 64.4. The van der Waals surface area contributed by atoms with Crippen LogP contribution in [0.5, 0.6) is 0 Å². The van der Waals surface area contributed by atoms with Gasteiger partial charge in [0.2, 0.25) is 5.91 Å². The van der Waals surface area contributed by atoms with Crippen molar-refractivity contribution >= 4 is 29.4 Å². The first-order chi connectivity index (χ1) is 24.6. The largest absolute Gasteiger partial charge is 0.354 e. The van der Waals surface area contributed by atoms with E-state index >= 15 is 0 Å². The highest BCUT2D eigenvalue weighted by Crippen LogP contribution is 2.49. The second-order valence-electron chi connectivity index (χ2n) is 12.3. The van der Waals surface area contributed by atoms with Gasteiger partial charge in [-0.3, -0.25) is 9.69 Å². The highest BCUT2D eigenvalue weighted by Gasteiger charge is 2.38. The van der Waals surface area contributed by atoms with E-state index in [1.54, 1.807) is 0 Å². The average molecular weight is 693 g/mol. The van der Waals surface area contributed by atoms with Crippen LogP contribution >= 0.6 is 23.5 Å². The van der Waals surface area contributed by atoms with Crippen LogP contribution in [-0.2, 0) is 14.3 Å². The van der Waals surface area contributed by atoms with E-state index in [4.69, 9.17) is 0 Å². The molecule has 50 heavy (non-hydrogen) atoms. The molecule has 0 aliphatic carbocycles. The topological polar surface area (TPSA) is 32.3 Å². The molecule has 252 valence electrons. The molecular weight excluding hydrogens is 649 g/mol. The Kier molecular flexibility index (Phi) is 12.3. The molecule has 0 aliphatic rings. The summed E-state index contributed by atoms with van der Waals surface area (Å²) in [6.45, 7) is 1.71. The van der Waals surface area contributed by atoms with E-state index in [9.17, 15) is 4.79 Å². The second-order valence-corrected chi connectivity index (χ2v) is 15.0. The lowest BCUT2D eigenvalue weighted by Crippen LogP contribution is -2.38. The van der Waals surface area contributed by atoms with Gasteiger partial charge in [-0.05, 0) is 40.4 Å². The maximum absolute atomic E-state index is 13.2. The van der Waals surface area contributed by atoms with Crippen LogP contribution < -0.4 is 5.32 Å². The van der Waals surface area contributed by atoms with Gasteiger partial charge in [0.1, 0.15) is 0 Å². The van der Waals surface area contributed by atoms with Gasteiger partial charge in [0.05, 0.1) is 16.0 Å². The summed E-state index contributed by atoms with van der Waals surface area (Å²) in [4.78, 5) is 15.4. The Balaban J connectivity index is 1.10. The molecule has 0 bridgehead atoms. The van der Waals surface area contributed by atoms with Crippen LogP contribution in [0.15, 0.2) is 182 Å². The maximum atomic E-state index is 13.2. The normalized spacial score (nSPS) is 11.7. The number of carbonyl (C=O) groups is 1. The fourth-order valence-corrected chi connectivity index (χ4v) is 9.70. The standard InChI is InChI=1S/C45H44N2OS2/c1-47(33-35-50-45(40-26-14-5-15-27-40,41-28-16-6-17-29-41)42-30-18-7-19-31-42)36-43(48)46-32-34-49-44(37-20-8-2-9-21-37,38-22-10-3-11-23-38)39-24-12-4-13-25-39/h2-31H,32-36H2,1H3,(H,46,48). The van der Waals surface area contributed by atoms with Gasteiger partial charge in [-0.25, -0.2) is 0 Å². The number of likely N-dealkylation sites (N-methyl/N-ethyl adjacent to an activating group) is 1. The highest BCUT2D eigenvalue weighted by atomic mass is 32.2. The van der Waals surface area contributed by atoms with E-state index in [2.05, 4.69) is 192 Å². The minimum Gasteiger partial charge on any atom is -0.354 e. The molecule has 0 unspecified atom stereocenters. The second kappa shape index (κ2) is 17.4. The van der Waals surface area contributed by atoms with Crippen molar-refractivity contribution in [2.45, 2.75) is 9.49 Å². The molecule has 0 saturated heterocycles. The molecule has 1 amide bonds. The predicted octanol–water partition coefficient (Wildman–Crippen LogP) is 9.48. The summed E-state index contributed by atoms with van der Waals surface area (Å²) < 4.78 is -0.766. The third-order valence-electron chi connectivity index (χ3n) is 9.03. The lowest BCUT2D eigenvalue weighted by atomic mass is 9.84. The Morgan fingerprint density at radius 3 is 1.06 bits per heavy atom. The molecule has 6 aromatic rings. The van der Waals surface area contributed by atoms with Crippen molar-refractivity contribution < 1.29 is 4.79 Å². The Hall–Kier alpha value is -4.55. The average Bonchev–Trinajstić information content (AvgIpc) is 3.19. The highest BCUT2D eigenvalue weighted by molar-refractivity contribution is 8.00. The molecule has 0 fully saturated rings. The third kappa shape index (κ3) is 8.08. The molecular formula is C45H44N2OS2. The number of rotatable bonds is 16. The number of hydrogen-bond acceptors (Lipinski definition) is 4. The molecule has 3 nitrogen and oxygen atoms in total. The molecule has 0 heterocycles. The van der Waals surface area contributed by atoms with Crippen LogP contribution in [0.3, 0.4) is 0 Å². The number of benzene rings is 6. The first kappa shape index (κ1) is 35.3. The molecule has 0 aliphatic heterocycles. The van der Waals surface area contributed by atoms with Crippen molar-refractivity contribution in [3.05, 3.63) is 215 Å². The van der Waals surface area contributed by atoms with Gasteiger partial charge in [-0.15, -0.1) is 23.5 Å². The number of thioether (sulfide) groups is 2.